The van der Waals surface area contributed by atoms with Crippen molar-refractivity contribution >= 4 is 14.3 Å². The van der Waals surface area contributed by atoms with Crippen LogP contribution in [0, 0.1) is 5.39 Å². The molecule has 0 saturated carbocycles. The average molecular weight is 329 g/mol. The summed E-state index contributed by atoms with van der Waals surface area (Å²) in [4.78, 5) is 14.3. The fourth-order valence-electron chi connectivity index (χ4n) is 2.40. The van der Waals surface area contributed by atoms with E-state index in [9.17, 15) is 15.3 Å². The predicted octanol–water partition coefficient (Wildman–Crippen LogP) is 3.26. The van der Waals surface area contributed by atoms with Crippen molar-refractivity contribution in [2.45, 2.75) is 38.8 Å². The molecule has 0 aromatic heterocycles. The number of ether oxygens (including phenoxy) is 2. The van der Waals surface area contributed by atoms with Gasteiger partial charge in [0.2, 0.25) is 5.39 Å². The van der Waals surface area contributed by atoms with Crippen molar-refractivity contribution in [3.05, 3.63) is 28.4 Å². The molecule has 22 heavy (non-hydrogen) atoms. The zero-order valence-corrected chi connectivity index (χ0v) is 15.0. The van der Waals surface area contributed by atoms with E-state index in [1.165, 1.54) is 26.4 Å². The summed E-state index contributed by atoms with van der Waals surface area (Å²) in [6.07, 6.45) is 2.78. The Morgan fingerprint density at radius 3 is 2.14 bits per heavy atom. The lowest BCUT2D eigenvalue weighted by molar-refractivity contribution is -0.134. The van der Waals surface area contributed by atoms with E-state index in [-0.39, 0.29) is 23.0 Å². The third kappa shape index (κ3) is 4.58. The van der Waals surface area contributed by atoms with Crippen molar-refractivity contribution < 1.29 is 23.8 Å². The lowest BCUT2D eigenvalue weighted by atomic mass is 10.5. The van der Waals surface area contributed by atoms with Crippen LogP contribution in [0.3, 0.4) is 0 Å². The summed E-state index contributed by atoms with van der Waals surface area (Å²) >= 11 is 0. The zero-order chi connectivity index (χ0) is 17.3. The highest BCUT2D eigenvalue weighted by atomic mass is 28.4. The molecular formula is C14H25N2O5Si+. The van der Waals surface area contributed by atoms with Crippen molar-refractivity contribution in [2.24, 2.45) is 0 Å². The molecule has 0 radical (unpaired) electrons. The highest BCUT2D eigenvalue weighted by molar-refractivity contribution is 6.83. The number of diazo groups is 1. The Hall–Kier alpha value is -1.85. The topological polar surface area (TPSA) is 93.1 Å². The van der Waals surface area contributed by atoms with Crippen LogP contribution in [0.1, 0.15) is 27.7 Å². The predicted molar refractivity (Wildman–Crippen MR) is 84.8 cm³/mol. The van der Waals surface area contributed by atoms with Gasteiger partial charge in [-0.2, -0.15) is 0 Å². The largest absolute Gasteiger partial charge is 0.476 e. The molecule has 0 amide bonds. The minimum atomic E-state index is -2.86. The van der Waals surface area contributed by atoms with Gasteiger partial charge in [0.05, 0.1) is 20.8 Å². The van der Waals surface area contributed by atoms with Gasteiger partial charge in [0.25, 0.3) is 0 Å². The molecule has 0 heterocycles. The highest BCUT2D eigenvalue weighted by Gasteiger charge is 2.58. The van der Waals surface area contributed by atoms with Gasteiger partial charge in [-0.1, -0.05) is 33.8 Å². The van der Waals surface area contributed by atoms with Gasteiger partial charge in [0.1, 0.15) is 0 Å². The third-order valence-electron chi connectivity index (χ3n) is 3.45. The summed E-state index contributed by atoms with van der Waals surface area (Å²) in [5, 5.41) is 19.3. The fourth-order valence-corrected chi connectivity index (χ4v) is 6.59. The molecule has 124 valence electrons. The number of hydrogen-bond donors (Lipinski definition) is 1. The van der Waals surface area contributed by atoms with Crippen molar-refractivity contribution in [3.8, 4) is 0 Å². The molecule has 0 bridgehead atoms. The first-order chi connectivity index (χ1) is 10.3. The second kappa shape index (κ2) is 9.22. The molecule has 0 saturated heterocycles. The standard InChI is InChI=1S/C14H24N2O5Si/c1-10(2)22(11(3)4,13(16-15)14(18)20-6)21-9-7-8-12(17)19-5/h7-8,10-11H,9H2,1-6H3/p+1/b8-7+,14-13-. The first-order valence-electron chi connectivity index (χ1n) is 6.99. The molecule has 0 unspecified atom stereocenters. The maximum absolute atomic E-state index is 11.1. The third-order valence-corrected chi connectivity index (χ3v) is 8.58. The average Bonchev–Trinajstić information content (AvgIpc) is 2.48. The summed E-state index contributed by atoms with van der Waals surface area (Å²) in [7, 11) is -0.284. The number of rotatable bonds is 8. The van der Waals surface area contributed by atoms with Crippen molar-refractivity contribution in [1.29, 1.82) is 5.39 Å². The smallest absolute Gasteiger partial charge is 0.435 e. The lowest BCUT2D eigenvalue weighted by Gasteiger charge is -2.31. The molecular weight excluding hydrogens is 304 g/mol. The minimum absolute atomic E-state index is 0.00206. The van der Waals surface area contributed by atoms with Gasteiger partial charge in [-0.25, -0.2) is 4.79 Å². The van der Waals surface area contributed by atoms with E-state index >= 15 is 0 Å². The van der Waals surface area contributed by atoms with Gasteiger partial charge in [-0.3, -0.25) is 0 Å². The van der Waals surface area contributed by atoms with Crippen molar-refractivity contribution in [2.75, 3.05) is 20.8 Å². The molecule has 0 aromatic carbocycles. The second-order valence-corrected chi connectivity index (χ2v) is 9.95. The summed E-state index contributed by atoms with van der Waals surface area (Å²) in [5.74, 6) is -0.930. The van der Waals surface area contributed by atoms with E-state index in [1.807, 2.05) is 27.7 Å². The molecule has 7 nitrogen and oxygen atoms in total. The van der Waals surface area contributed by atoms with E-state index in [0.717, 1.165) is 0 Å². The molecule has 0 aliphatic heterocycles. The molecule has 0 aliphatic carbocycles. The first kappa shape index (κ1) is 20.1. The van der Waals surface area contributed by atoms with E-state index < -0.39 is 20.2 Å². The molecule has 0 fully saturated rings. The van der Waals surface area contributed by atoms with Gasteiger partial charge in [-0.05, 0) is 11.1 Å². The fraction of sp³-hybridized carbons (Fsp3) is 0.643. The number of esters is 1. The monoisotopic (exact) mass is 329 g/mol. The number of methoxy groups -OCH3 is 2. The maximum Gasteiger partial charge on any atom is 0.435 e. The van der Waals surface area contributed by atoms with Crippen LogP contribution in [0.2, 0.25) is 11.1 Å². The van der Waals surface area contributed by atoms with E-state index in [2.05, 4.69) is 9.71 Å². The van der Waals surface area contributed by atoms with Crippen LogP contribution in [0.15, 0.2) is 23.4 Å². The molecule has 0 aromatic rings. The van der Waals surface area contributed by atoms with E-state index in [0.29, 0.717) is 0 Å². The first-order valence-corrected chi connectivity index (χ1v) is 9.05. The normalized spacial score (nSPS) is 13.2. The summed E-state index contributed by atoms with van der Waals surface area (Å²) < 4.78 is 15.3. The highest BCUT2D eigenvalue weighted by Crippen LogP contribution is 2.41. The Balaban J connectivity index is 5.60. The van der Waals surface area contributed by atoms with Crippen molar-refractivity contribution in [3.63, 3.8) is 0 Å². The van der Waals surface area contributed by atoms with Gasteiger partial charge < -0.3 is 19.0 Å². The van der Waals surface area contributed by atoms with Crippen LogP contribution < -0.4 is 0 Å². The zero-order valence-electron chi connectivity index (χ0n) is 14.0. The van der Waals surface area contributed by atoms with Crippen LogP contribution in [-0.4, -0.2) is 40.2 Å². The van der Waals surface area contributed by atoms with E-state index in [1.54, 1.807) is 0 Å². The summed E-state index contributed by atoms with van der Waals surface area (Å²) in [6, 6.07) is 0. The minimum Gasteiger partial charge on any atom is -0.476 e. The molecule has 8 heteroatoms. The van der Waals surface area contributed by atoms with Crippen LogP contribution >= 0.6 is 0 Å². The van der Waals surface area contributed by atoms with Crippen LogP contribution in [-0.2, 0) is 18.7 Å². The van der Waals surface area contributed by atoms with Crippen LogP contribution in [0.4, 0.5) is 0 Å². The van der Waals surface area contributed by atoms with Gasteiger partial charge in [-0.15, -0.1) is 0 Å². The number of hydrogen-bond acceptors (Lipinski definition) is 6. The molecule has 0 atom stereocenters. The van der Waals surface area contributed by atoms with Gasteiger partial charge >= 0.3 is 25.6 Å². The van der Waals surface area contributed by atoms with Crippen LogP contribution in [0.25, 0.3) is 4.98 Å². The quantitative estimate of drug-likeness (QED) is 0.241. The molecule has 0 aliphatic rings. The Morgan fingerprint density at radius 2 is 1.77 bits per heavy atom. The summed E-state index contributed by atoms with van der Waals surface area (Å²) in [5.41, 5.74) is 0.00412. The molecule has 0 spiro atoms. The lowest BCUT2D eigenvalue weighted by Crippen LogP contribution is -2.47. The SMILES string of the molecule is COC(=O)/C=C/CO[Si](/C([N+]#N)=C(/O)OC)(C(C)C)C(C)C. The number of aliphatic hydroxyl groups is 1. The number of nitrogens with zero attached hydrogens (tertiary/aromatic N) is 2. The Kier molecular flexibility index (Phi) is 8.45. The molecule has 1 N–H and O–H groups in total. The Bertz CT molecular complexity index is 472. The van der Waals surface area contributed by atoms with Gasteiger partial charge in [0, 0.05) is 6.08 Å². The summed E-state index contributed by atoms with van der Waals surface area (Å²) in [6.45, 7) is 7.87. The van der Waals surface area contributed by atoms with E-state index in [4.69, 9.17) is 9.16 Å². The van der Waals surface area contributed by atoms with Gasteiger partial charge in [0.15, 0.2) is 4.98 Å². The number of carbonyl (C=O) groups is 1. The van der Waals surface area contributed by atoms with Crippen LogP contribution in [0.5, 0.6) is 0 Å². The Morgan fingerprint density at radius 1 is 1.23 bits per heavy atom. The second-order valence-electron chi connectivity index (χ2n) is 5.30. The Labute approximate surface area is 132 Å². The number of aliphatic hydroxyl groups excluding tert-OH is 1. The van der Waals surface area contributed by atoms with Crippen molar-refractivity contribution in [1.82, 2.24) is 0 Å². The number of carbonyl (C=O) groups excluding carboxylic acids is 1. The maximum atomic E-state index is 11.1. The molecule has 0 rings (SSSR count).